The molecule has 1 fully saturated rings. The minimum absolute atomic E-state index is 0.0151. The lowest BCUT2D eigenvalue weighted by molar-refractivity contribution is -0.140. The highest BCUT2D eigenvalue weighted by Crippen LogP contribution is 2.42. The van der Waals surface area contributed by atoms with Crippen molar-refractivity contribution >= 4 is 17.4 Å². The molecule has 1 atom stereocenters. The third-order valence-electron chi connectivity index (χ3n) is 5.92. The lowest BCUT2D eigenvalue weighted by atomic mass is 9.93. The van der Waals surface area contributed by atoms with E-state index >= 15 is 0 Å². The molecule has 0 radical (unpaired) electrons. The van der Waals surface area contributed by atoms with Crippen molar-refractivity contribution in [2.24, 2.45) is 5.92 Å². The van der Waals surface area contributed by atoms with Crippen molar-refractivity contribution in [3.8, 4) is 17.2 Å². The lowest BCUT2D eigenvalue weighted by Gasteiger charge is -2.26. The number of methoxy groups -OCH3 is 2. The average molecular weight is 498 g/mol. The largest absolute Gasteiger partial charge is 0.507 e. The van der Waals surface area contributed by atoms with E-state index in [9.17, 15) is 14.7 Å². The number of carbonyl (C=O) groups excluding carboxylic acids is 2. The Bertz CT molecular complexity index is 1140. The summed E-state index contributed by atoms with van der Waals surface area (Å²) in [4.78, 5) is 27.7. The van der Waals surface area contributed by atoms with E-state index in [4.69, 9.17) is 18.9 Å². The van der Waals surface area contributed by atoms with Gasteiger partial charge >= 0.3 is 0 Å². The van der Waals surface area contributed by atoms with Crippen LogP contribution in [0.1, 0.15) is 43.5 Å². The zero-order chi connectivity index (χ0) is 26.4. The molecule has 2 aromatic rings. The number of aliphatic hydroxyl groups excluding tert-OH is 1. The molecule has 0 bridgehead atoms. The number of nitrogens with zero attached hydrogens (tertiary/aromatic N) is 1. The molecular weight excluding hydrogens is 462 g/mol. The highest BCUT2D eigenvalue weighted by atomic mass is 16.5. The molecule has 3 rings (SSSR count). The maximum atomic E-state index is 13.2. The first-order valence-corrected chi connectivity index (χ1v) is 12.0. The Morgan fingerprint density at radius 3 is 2.42 bits per heavy atom. The van der Waals surface area contributed by atoms with Crippen LogP contribution >= 0.6 is 0 Å². The zero-order valence-corrected chi connectivity index (χ0v) is 21.8. The summed E-state index contributed by atoms with van der Waals surface area (Å²) in [6.45, 7) is 9.25. The van der Waals surface area contributed by atoms with Gasteiger partial charge in [0.15, 0.2) is 11.5 Å². The number of aryl methyl sites for hydroxylation is 1. The Labute approximate surface area is 212 Å². The Balaban J connectivity index is 2.12. The van der Waals surface area contributed by atoms with Crippen LogP contribution < -0.4 is 14.2 Å². The number of rotatable bonds is 11. The molecule has 1 amide bonds. The first-order valence-electron chi connectivity index (χ1n) is 12.0. The third-order valence-corrected chi connectivity index (χ3v) is 5.92. The summed E-state index contributed by atoms with van der Waals surface area (Å²) in [6, 6.07) is 9.69. The predicted octanol–water partition coefficient (Wildman–Crippen LogP) is 4.51. The molecular formula is C28H35NO7. The number of hydrogen-bond donors (Lipinski definition) is 1. The molecule has 8 nitrogen and oxygen atoms in total. The van der Waals surface area contributed by atoms with Gasteiger partial charge in [-0.1, -0.05) is 19.9 Å². The van der Waals surface area contributed by atoms with Gasteiger partial charge in [-0.3, -0.25) is 9.59 Å². The van der Waals surface area contributed by atoms with Gasteiger partial charge in [-0.05, 0) is 61.2 Å². The standard InChI is InChI=1S/C28H35NO7/c1-7-35-22-11-8-19(15-23(22)34-6)25-24(27(31)28(32)29(25)12-13-33-5)26(30)21-10-9-20(14-18(21)4)36-16-17(2)3/h8-11,14-15,17,25,30H,7,12-13,16H2,1-6H3. The normalized spacial score (nSPS) is 17.1. The first kappa shape index (κ1) is 27.1. The van der Waals surface area contributed by atoms with Crippen LogP contribution in [0.2, 0.25) is 0 Å². The molecule has 1 aliphatic rings. The van der Waals surface area contributed by atoms with Crippen molar-refractivity contribution in [1.29, 1.82) is 0 Å². The number of ketones is 1. The minimum atomic E-state index is -0.819. The Morgan fingerprint density at radius 2 is 1.81 bits per heavy atom. The molecule has 0 spiro atoms. The lowest BCUT2D eigenvalue weighted by Crippen LogP contribution is -2.32. The van der Waals surface area contributed by atoms with E-state index in [0.29, 0.717) is 47.5 Å². The third kappa shape index (κ3) is 5.65. The Morgan fingerprint density at radius 1 is 1.06 bits per heavy atom. The van der Waals surface area contributed by atoms with Gasteiger partial charge in [0.25, 0.3) is 11.7 Å². The molecule has 8 heteroatoms. The summed E-state index contributed by atoms with van der Waals surface area (Å²) in [5, 5.41) is 11.4. The number of aliphatic hydroxyl groups is 1. The van der Waals surface area contributed by atoms with Crippen LogP contribution in [-0.4, -0.2) is 62.3 Å². The summed E-state index contributed by atoms with van der Waals surface area (Å²) in [7, 11) is 3.05. The van der Waals surface area contributed by atoms with Gasteiger partial charge in [0.2, 0.25) is 0 Å². The van der Waals surface area contributed by atoms with Gasteiger partial charge in [-0.2, -0.15) is 0 Å². The topological polar surface area (TPSA) is 94.5 Å². The van der Waals surface area contributed by atoms with Gasteiger partial charge in [-0.25, -0.2) is 0 Å². The summed E-state index contributed by atoms with van der Waals surface area (Å²) in [6.07, 6.45) is 0. The van der Waals surface area contributed by atoms with Crippen LogP contribution in [-0.2, 0) is 14.3 Å². The van der Waals surface area contributed by atoms with Crippen LogP contribution in [0.15, 0.2) is 42.0 Å². The van der Waals surface area contributed by atoms with Crippen molar-refractivity contribution in [1.82, 2.24) is 4.90 Å². The second kappa shape index (κ2) is 11.9. The first-order chi connectivity index (χ1) is 17.2. The van der Waals surface area contributed by atoms with E-state index in [0.717, 1.165) is 5.56 Å². The number of ether oxygens (including phenoxy) is 4. The molecule has 1 aliphatic heterocycles. The molecule has 194 valence electrons. The highest BCUT2D eigenvalue weighted by Gasteiger charge is 2.46. The monoisotopic (exact) mass is 497 g/mol. The van der Waals surface area contributed by atoms with Crippen LogP contribution in [0.4, 0.5) is 0 Å². The number of Topliss-reactive ketones (excluding diaryl/α,β-unsaturated/α-hetero) is 1. The van der Waals surface area contributed by atoms with E-state index in [1.807, 2.05) is 19.9 Å². The SMILES string of the molecule is CCOc1ccc(C2C(=C(O)c3ccc(OCC(C)C)cc3C)C(=O)C(=O)N2CCOC)cc1OC. The molecule has 0 aromatic heterocycles. The number of amides is 1. The number of carbonyl (C=O) groups is 2. The smallest absolute Gasteiger partial charge is 0.295 e. The summed E-state index contributed by atoms with van der Waals surface area (Å²) in [5.41, 5.74) is 1.81. The Kier molecular flexibility index (Phi) is 8.98. The molecule has 1 heterocycles. The van der Waals surface area contributed by atoms with Crippen LogP contribution in [0.3, 0.4) is 0 Å². The molecule has 2 aromatic carbocycles. The Hall–Kier alpha value is -3.52. The summed E-state index contributed by atoms with van der Waals surface area (Å²) in [5.74, 6) is 0.375. The fourth-order valence-electron chi connectivity index (χ4n) is 4.18. The van der Waals surface area contributed by atoms with Gasteiger partial charge in [0, 0.05) is 19.2 Å². The molecule has 0 saturated carbocycles. The quantitative estimate of drug-likeness (QED) is 0.277. The van der Waals surface area contributed by atoms with Crippen LogP contribution in [0.25, 0.3) is 5.76 Å². The van der Waals surface area contributed by atoms with Crippen molar-refractivity contribution in [2.45, 2.75) is 33.7 Å². The molecule has 1 N–H and O–H groups in total. The van der Waals surface area contributed by atoms with Gasteiger partial charge < -0.3 is 29.0 Å². The van der Waals surface area contributed by atoms with E-state index < -0.39 is 17.7 Å². The number of benzene rings is 2. The minimum Gasteiger partial charge on any atom is -0.507 e. The maximum absolute atomic E-state index is 13.2. The van der Waals surface area contributed by atoms with Gasteiger partial charge in [0.05, 0.1) is 38.5 Å². The van der Waals surface area contributed by atoms with Gasteiger partial charge in [0.1, 0.15) is 11.5 Å². The second-order valence-corrected chi connectivity index (χ2v) is 9.01. The van der Waals surface area contributed by atoms with E-state index in [2.05, 4.69) is 13.8 Å². The average Bonchev–Trinajstić information content (AvgIpc) is 3.11. The van der Waals surface area contributed by atoms with Crippen molar-refractivity contribution in [2.75, 3.05) is 40.6 Å². The fourth-order valence-corrected chi connectivity index (χ4v) is 4.18. The zero-order valence-electron chi connectivity index (χ0n) is 21.8. The highest BCUT2D eigenvalue weighted by molar-refractivity contribution is 6.46. The molecule has 1 saturated heterocycles. The number of hydrogen-bond acceptors (Lipinski definition) is 7. The predicted molar refractivity (Wildman–Crippen MR) is 137 cm³/mol. The molecule has 0 aliphatic carbocycles. The van der Waals surface area contributed by atoms with Crippen molar-refractivity contribution in [3.63, 3.8) is 0 Å². The maximum Gasteiger partial charge on any atom is 0.295 e. The second-order valence-electron chi connectivity index (χ2n) is 9.01. The molecule has 36 heavy (non-hydrogen) atoms. The van der Waals surface area contributed by atoms with E-state index in [1.165, 1.54) is 19.1 Å². The van der Waals surface area contributed by atoms with Crippen LogP contribution in [0.5, 0.6) is 17.2 Å². The van der Waals surface area contributed by atoms with Crippen LogP contribution in [0, 0.1) is 12.8 Å². The van der Waals surface area contributed by atoms with Gasteiger partial charge in [-0.15, -0.1) is 0 Å². The summed E-state index contributed by atoms with van der Waals surface area (Å²) >= 11 is 0. The van der Waals surface area contributed by atoms with E-state index in [1.54, 1.807) is 30.3 Å². The summed E-state index contributed by atoms with van der Waals surface area (Å²) < 4.78 is 22.1. The molecule has 1 unspecified atom stereocenters. The van der Waals surface area contributed by atoms with Crippen molar-refractivity contribution in [3.05, 3.63) is 58.7 Å². The fraction of sp³-hybridized carbons (Fsp3) is 0.429. The van der Waals surface area contributed by atoms with Crippen molar-refractivity contribution < 1.29 is 33.6 Å². The number of likely N-dealkylation sites (tertiary alicyclic amines) is 1. The van der Waals surface area contributed by atoms with E-state index in [-0.39, 0.29) is 24.5 Å².